The van der Waals surface area contributed by atoms with Crippen LogP contribution in [0.2, 0.25) is 0 Å². The van der Waals surface area contributed by atoms with Gasteiger partial charge in [-0.15, -0.1) is 10.2 Å². The summed E-state index contributed by atoms with van der Waals surface area (Å²) >= 11 is 0. The molecule has 0 radical (unpaired) electrons. The standard InChI is InChI=1S/C9H16N4O/c1-12-3-2-8(4-12)5-13-7-10-11-9(13)6-14/h7-8,14H,2-6H2,1H3. The molecule has 0 saturated carbocycles. The Morgan fingerprint density at radius 2 is 2.50 bits per heavy atom. The molecule has 78 valence electrons. The van der Waals surface area contributed by atoms with E-state index in [1.165, 1.54) is 13.0 Å². The van der Waals surface area contributed by atoms with Crippen molar-refractivity contribution < 1.29 is 5.11 Å². The number of aromatic nitrogens is 3. The summed E-state index contributed by atoms with van der Waals surface area (Å²) in [6.07, 6.45) is 2.92. The van der Waals surface area contributed by atoms with E-state index in [9.17, 15) is 0 Å². The summed E-state index contributed by atoms with van der Waals surface area (Å²) in [5.41, 5.74) is 0. The van der Waals surface area contributed by atoms with Crippen molar-refractivity contribution in [2.24, 2.45) is 5.92 Å². The third kappa shape index (κ3) is 1.93. The smallest absolute Gasteiger partial charge is 0.158 e. The highest BCUT2D eigenvalue weighted by molar-refractivity contribution is 4.85. The molecular weight excluding hydrogens is 180 g/mol. The molecule has 1 saturated heterocycles. The summed E-state index contributed by atoms with van der Waals surface area (Å²) in [5, 5.41) is 16.6. The van der Waals surface area contributed by atoms with Crippen LogP contribution in [-0.2, 0) is 13.2 Å². The van der Waals surface area contributed by atoms with Gasteiger partial charge in [0, 0.05) is 13.1 Å². The fourth-order valence-electron chi connectivity index (χ4n) is 2.01. The highest BCUT2D eigenvalue weighted by Crippen LogP contribution is 2.16. The van der Waals surface area contributed by atoms with Crippen LogP contribution in [0.3, 0.4) is 0 Å². The first-order valence-corrected chi connectivity index (χ1v) is 4.95. The van der Waals surface area contributed by atoms with Crippen LogP contribution in [0, 0.1) is 5.92 Å². The van der Waals surface area contributed by atoms with Crippen LogP contribution < -0.4 is 0 Å². The van der Waals surface area contributed by atoms with Crippen molar-refractivity contribution in [1.29, 1.82) is 0 Å². The van der Waals surface area contributed by atoms with Gasteiger partial charge in [-0.3, -0.25) is 0 Å². The van der Waals surface area contributed by atoms with Gasteiger partial charge in [-0.25, -0.2) is 0 Å². The predicted molar refractivity (Wildman–Crippen MR) is 51.5 cm³/mol. The van der Waals surface area contributed by atoms with E-state index in [4.69, 9.17) is 5.11 Å². The molecule has 1 aromatic rings. The Morgan fingerprint density at radius 3 is 3.14 bits per heavy atom. The summed E-state index contributed by atoms with van der Waals surface area (Å²) in [6.45, 7) is 3.19. The van der Waals surface area contributed by atoms with Gasteiger partial charge in [0.2, 0.25) is 0 Å². The maximum atomic E-state index is 9.00. The molecule has 0 amide bonds. The van der Waals surface area contributed by atoms with E-state index in [1.807, 2.05) is 4.57 Å². The molecule has 0 aliphatic carbocycles. The summed E-state index contributed by atoms with van der Waals surface area (Å²) in [7, 11) is 2.14. The first kappa shape index (κ1) is 9.61. The second-order valence-electron chi connectivity index (χ2n) is 3.97. The van der Waals surface area contributed by atoms with Crippen molar-refractivity contribution in [2.75, 3.05) is 20.1 Å². The molecule has 0 spiro atoms. The monoisotopic (exact) mass is 196 g/mol. The third-order valence-corrected chi connectivity index (χ3v) is 2.78. The van der Waals surface area contributed by atoms with Crippen molar-refractivity contribution in [2.45, 2.75) is 19.6 Å². The Kier molecular flexibility index (Phi) is 2.79. The van der Waals surface area contributed by atoms with Crippen LogP contribution >= 0.6 is 0 Å². The molecule has 1 unspecified atom stereocenters. The van der Waals surface area contributed by atoms with Crippen LogP contribution in [0.1, 0.15) is 12.2 Å². The minimum atomic E-state index is -0.0252. The number of aliphatic hydroxyl groups excluding tert-OH is 1. The van der Waals surface area contributed by atoms with Gasteiger partial charge in [0.1, 0.15) is 12.9 Å². The Morgan fingerprint density at radius 1 is 1.64 bits per heavy atom. The van der Waals surface area contributed by atoms with E-state index in [0.717, 1.165) is 13.1 Å². The SMILES string of the molecule is CN1CCC(Cn2cnnc2CO)C1. The molecule has 5 nitrogen and oxygen atoms in total. The lowest BCUT2D eigenvalue weighted by molar-refractivity contribution is 0.260. The van der Waals surface area contributed by atoms with E-state index < -0.39 is 0 Å². The zero-order valence-corrected chi connectivity index (χ0v) is 8.43. The Labute approximate surface area is 83.4 Å². The zero-order chi connectivity index (χ0) is 9.97. The molecule has 0 bridgehead atoms. The second kappa shape index (κ2) is 4.06. The Bertz CT molecular complexity index is 299. The number of hydrogen-bond acceptors (Lipinski definition) is 4. The molecule has 1 N–H and O–H groups in total. The Balaban J connectivity index is 1.97. The van der Waals surface area contributed by atoms with Gasteiger partial charge >= 0.3 is 0 Å². The van der Waals surface area contributed by atoms with Crippen LogP contribution in [0.5, 0.6) is 0 Å². The van der Waals surface area contributed by atoms with E-state index in [-0.39, 0.29) is 6.61 Å². The molecule has 1 aromatic heterocycles. The first-order valence-electron chi connectivity index (χ1n) is 4.95. The molecule has 1 aliphatic rings. The van der Waals surface area contributed by atoms with Crippen molar-refractivity contribution in [3.05, 3.63) is 12.2 Å². The number of aliphatic hydroxyl groups is 1. The van der Waals surface area contributed by atoms with E-state index in [0.29, 0.717) is 11.7 Å². The highest BCUT2D eigenvalue weighted by Gasteiger charge is 2.20. The molecule has 5 heteroatoms. The molecular formula is C9H16N4O. The molecule has 0 aromatic carbocycles. The highest BCUT2D eigenvalue weighted by atomic mass is 16.3. The maximum absolute atomic E-state index is 9.00. The minimum Gasteiger partial charge on any atom is -0.388 e. The minimum absolute atomic E-state index is 0.0252. The molecule has 1 aliphatic heterocycles. The van der Waals surface area contributed by atoms with Crippen LogP contribution in [0.15, 0.2) is 6.33 Å². The number of rotatable bonds is 3. The zero-order valence-electron chi connectivity index (χ0n) is 8.43. The maximum Gasteiger partial charge on any atom is 0.158 e. The molecule has 14 heavy (non-hydrogen) atoms. The number of hydrogen-bond donors (Lipinski definition) is 1. The summed E-state index contributed by atoms with van der Waals surface area (Å²) < 4.78 is 1.95. The lowest BCUT2D eigenvalue weighted by Crippen LogP contribution is -2.17. The lowest BCUT2D eigenvalue weighted by Gasteiger charge is -2.11. The topological polar surface area (TPSA) is 54.2 Å². The summed E-state index contributed by atoms with van der Waals surface area (Å²) in [5.74, 6) is 1.33. The van der Waals surface area contributed by atoms with Gasteiger partial charge in [0.15, 0.2) is 5.82 Å². The average molecular weight is 196 g/mol. The molecule has 1 atom stereocenters. The molecule has 2 rings (SSSR count). The van der Waals surface area contributed by atoms with Crippen LogP contribution in [0.4, 0.5) is 0 Å². The third-order valence-electron chi connectivity index (χ3n) is 2.78. The lowest BCUT2D eigenvalue weighted by atomic mass is 10.1. The van der Waals surface area contributed by atoms with Crippen molar-refractivity contribution in [3.63, 3.8) is 0 Å². The van der Waals surface area contributed by atoms with E-state index in [2.05, 4.69) is 22.1 Å². The first-order chi connectivity index (χ1) is 6.79. The fraction of sp³-hybridized carbons (Fsp3) is 0.778. The molecule has 1 fully saturated rings. The van der Waals surface area contributed by atoms with Gasteiger partial charge in [0.05, 0.1) is 0 Å². The van der Waals surface area contributed by atoms with Gasteiger partial charge in [-0.1, -0.05) is 0 Å². The second-order valence-corrected chi connectivity index (χ2v) is 3.97. The summed E-state index contributed by atoms with van der Waals surface area (Å²) in [6, 6.07) is 0. The van der Waals surface area contributed by atoms with Crippen molar-refractivity contribution in [3.8, 4) is 0 Å². The van der Waals surface area contributed by atoms with Gasteiger partial charge < -0.3 is 14.6 Å². The van der Waals surface area contributed by atoms with Crippen molar-refractivity contribution >= 4 is 0 Å². The number of nitrogens with zero attached hydrogens (tertiary/aromatic N) is 4. The van der Waals surface area contributed by atoms with E-state index >= 15 is 0 Å². The summed E-state index contributed by atoms with van der Waals surface area (Å²) in [4.78, 5) is 2.33. The quantitative estimate of drug-likeness (QED) is 0.722. The van der Waals surface area contributed by atoms with Gasteiger partial charge in [-0.2, -0.15) is 0 Å². The largest absolute Gasteiger partial charge is 0.388 e. The Hall–Kier alpha value is -0.940. The van der Waals surface area contributed by atoms with E-state index in [1.54, 1.807) is 6.33 Å². The predicted octanol–water partition coefficient (Wildman–Crippen LogP) is -0.278. The normalized spacial score (nSPS) is 23.1. The van der Waals surface area contributed by atoms with Crippen molar-refractivity contribution in [1.82, 2.24) is 19.7 Å². The van der Waals surface area contributed by atoms with Crippen LogP contribution in [0.25, 0.3) is 0 Å². The fourth-order valence-corrected chi connectivity index (χ4v) is 2.01. The van der Waals surface area contributed by atoms with Gasteiger partial charge in [0.25, 0.3) is 0 Å². The average Bonchev–Trinajstić information content (AvgIpc) is 2.76. The van der Waals surface area contributed by atoms with Gasteiger partial charge in [-0.05, 0) is 25.9 Å². The number of likely N-dealkylation sites (tertiary alicyclic amines) is 1. The van der Waals surface area contributed by atoms with Crippen LogP contribution in [-0.4, -0.2) is 44.9 Å². The molecule has 2 heterocycles.